The molecule has 0 radical (unpaired) electrons. The second kappa shape index (κ2) is 6.49. The van der Waals surface area contributed by atoms with E-state index in [0.717, 1.165) is 11.0 Å². The number of thiophene rings is 2. The van der Waals surface area contributed by atoms with E-state index in [4.69, 9.17) is 4.37 Å². The fourth-order valence-electron chi connectivity index (χ4n) is 5.53. The molecule has 0 saturated heterocycles. The summed E-state index contributed by atoms with van der Waals surface area (Å²) < 4.78 is 9.43. The highest BCUT2D eigenvalue weighted by atomic mass is 32.1. The molecular formula is C26H30N2S3. The third kappa shape index (κ3) is 2.49. The van der Waals surface area contributed by atoms with E-state index in [1.807, 2.05) is 22.7 Å². The van der Waals surface area contributed by atoms with Crippen molar-refractivity contribution in [2.45, 2.75) is 80.1 Å². The molecule has 0 unspecified atom stereocenters. The fraction of sp³-hybridized carbons (Fsp3) is 0.462. The summed E-state index contributed by atoms with van der Waals surface area (Å²) in [5.74, 6) is 0. The third-order valence-corrected chi connectivity index (χ3v) is 11.6. The molecule has 0 N–H and O–H groups in total. The zero-order valence-electron chi connectivity index (χ0n) is 20.1. The highest BCUT2D eigenvalue weighted by molar-refractivity contribution is 7.24. The smallest absolute Gasteiger partial charge is 0.113 e. The summed E-state index contributed by atoms with van der Waals surface area (Å²) in [7, 11) is 0. The van der Waals surface area contributed by atoms with Crippen LogP contribution in [0.25, 0.3) is 31.2 Å². The van der Waals surface area contributed by atoms with Crippen LogP contribution in [0.1, 0.15) is 71.5 Å². The predicted molar refractivity (Wildman–Crippen MR) is 139 cm³/mol. The first-order chi connectivity index (χ1) is 14.4. The molecule has 0 bridgehead atoms. The van der Waals surface area contributed by atoms with Crippen LogP contribution in [-0.4, -0.2) is 8.75 Å². The molecular weight excluding hydrogens is 437 g/mol. The first-order valence-electron chi connectivity index (χ1n) is 10.9. The summed E-state index contributed by atoms with van der Waals surface area (Å²) in [6, 6.07) is 0. The summed E-state index contributed by atoms with van der Waals surface area (Å²) in [5, 5.41) is 0. The molecule has 162 valence electrons. The van der Waals surface area contributed by atoms with Crippen molar-refractivity contribution in [3.8, 4) is 20.2 Å². The second-order valence-electron chi connectivity index (χ2n) is 10.2. The number of benzene rings is 1. The Morgan fingerprint density at radius 1 is 0.548 bits per heavy atom. The van der Waals surface area contributed by atoms with Gasteiger partial charge in [-0.25, -0.2) is 0 Å². The number of aryl methyl sites for hydroxylation is 2. The van der Waals surface area contributed by atoms with E-state index in [-0.39, 0.29) is 10.8 Å². The molecule has 5 rings (SSSR count). The van der Waals surface area contributed by atoms with Crippen molar-refractivity contribution in [2.75, 3.05) is 0 Å². The lowest BCUT2D eigenvalue weighted by Crippen LogP contribution is -2.43. The summed E-state index contributed by atoms with van der Waals surface area (Å²) in [6.07, 6.45) is 0. The van der Waals surface area contributed by atoms with Crippen LogP contribution in [0.4, 0.5) is 0 Å². The van der Waals surface area contributed by atoms with Gasteiger partial charge in [-0.1, -0.05) is 27.7 Å². The summed E-state index contributed by atoms with van der Waals surface area (Å²) in [6.45, 7) is 23.4. The third-order valence-electron chi connectivity index (χ3n) is 8.36. The molecule has 1 aliphatic rings. The van der Waals surface area contributed by atoms with E-state index in [2.05, 4.69) is 73.6 Å². The maximum atomic E-state index is 4.77. The van der Waals surface area contributed by atoms with E-state index in [1.165, 1.54) is 70.2 Å². The topological polar surface area (TPSA) is 25.8 Å². The molecule has 0 atom stereocenters. The maximum Gasteiger partial charge on any atom is 0.113 e. The number of hydrogen-bond acceptors (Lipinski definition) is 5. The van der Waals surface area contributed by atoms with Gasteiger partial charge in [0.1, 0.15) is 11.0 Å². The lowest BCUT2D eigenvalue weighted by Gasteiger charge is -2.47. The minimum absolute atomic E-state index is 0.0412. The Balaban J connectivity index is 1.92. The van der Waals surface area contributed by atoms with Gasteiger partial charge in [-0.2, -0.15) is 8.75 Å². The molecule has 1 aliphatic carbocycles. The average Bonchev–Trinajstić information content (AvgIpc) is 3.37. The fourth-order valence-corrected chi connectivity index (χ4v) is 9.17. The minimum atomic E-state index is 0.0412. The van der Waals surface area contributed by atoms with Gasteiger partial charge in [-0.05, 0) is 80.5 Å². The van der Waals surface area contributed by atoms with E-state index >= 15 is 0 Å². The minimum Gasteiger partial charge on any atom is -0.173 e. The van der Waals surface area contributed by atoms with Crippen LogP contribution in [0.15, 0.2) is 0 Å². The number of hydrogen-bond donors (Lipinski definition) is 0. The van der Waals surface area contributed by atoms with Crippen molar-refractivity contribution in [2.24, 2.45) is 0 Å². The Hall–Kier alpha value is -1.56. The molecule has 5 heteroatoms. The largest absolute Gasteiger partial charge is 0.173 e. The number of aromatic nitrogens is 2. The Bertz CT molecular complexity index is 1390. The predicted octanol–water partition coefficient (Wildman–Crippen LogP) is 8.57. The molecule has 3 aromatic heterocycles. The Labute approximate surface area is 197 Å². The van der Waals surface area contributed by atoms with E-state index in [0.29, 0.717) is 0 Å². The van der Waals surface area contributed by atoms with Crippen molar-refractivity contribution in [1.82, 2.24) is 8.75 Å². The molecule has 0 spiro atoms. The van der Waals surface area contributed by atoms with Gasteiger partial charge in [-0.3, -0.25) is 0 Å². The van der Waals surface area contributed by atoms with Crippen LogP contribution in [0, 0.1) is 41.5 Å². The molecule has 0 saturated carbocycles. The van der Waals surface area contributed by atoms with Gasteiger partial charge in [0.15, 0.2) is 0 Å². The Morgan fingerprint density at radius 3 is 1.74 bits per heavy atom. The quantitative estimate of drug-likeness (QED) is 0.281. The van der Waals surface area contributed by atoms with Gasteiger partial charge in [0, 0.05) is 35.9 Å². The molecule has 0 aliphatic heterocycles. The lowest BCUT2D eigenvalue weighted by atomic mass is 9.57. The van der Waals surface area contributed by atoms with Gasteiger partial charge in [0.2, 0.25) is 0 Å². The van der Waals surface area contributed by atoms with Crippen LogP contribution < -0.4 is 0 Å². The van der Waals surface area contributed by atoms with E-state index in [1.54, 1.807) is 5.56 Å². The van der Waals surface area contributed by atoms with Crippen molar-refractivity contribution in [3.63, 3.8) is 0 Å². The zero-order chi connectivity index (χ0) is 22.6. The Kier molecular flexibility index (Phi) is 4.46. The second-order valence-corrected chi connectivity index (χ2v) is 13.0. The highest BCUT2D eigenvalue weighted by Crippen LogP contribution is 2.62. The van der Waals surface area contributed by atoms with Crippen LogP contribution in [0.5, 0.6) is 0 Å². The standard InChI is InChI=1S/C26H30N2S3/c1-11-12(2)17(21-20(13(11)3)27-31-28-21)22-15(5)19-24(30-22)23-18(14(4)16(6)29-23)25(7,8)26(19,9)10/h1-10H3. The van der Waals surface area contributed by atoms with Crippen molar-refractivity contribution < 1.29 is 0 Å². The van der Waals surface area contributed by atoms with Gasteiger partial charge in [-0.15, -0.1) is 22.7 Å². The summed E-state index contributed by atoms with van der Waals surface area (Å²) in [5.41, 5.74) is 13.5. The molecule has 0 fully saturated rings. The van der Waals surface area contributed by atoms with Crippen molar-refractivity contribution in [1.29, 1.82) is 0 Å². The molecule has 0 amide bonds. The molecule has 2 nitrogen and oxygen atoms in total. The van der Waals surface area contributed by atoms with Crippen LogP contribution in [0.3, 0.4) is 0 Å². The molecule has 3 heterocycles. The number of nitrogens with zero attached hydrogens (tertiary/aromatic N) is 2. The SMILES string of the molecule is Cc1sc2c(c1C)C(C)(C)C(C)(C)c1c-2sc(-c2c(C)c(C)c(C)c3nsnc23)c1C. The van der Waals surface area contributed by atoms with Crippen LogP contribution in [0.2, 0.25) is 0 Å². The molecule has 4 aromatic rings. The normalized spacial score (nSPS) is 16.6. The van der Waals surface area contributed by atoms with Gasteiger partial charge in [0.25, 0.3) is 0 Å². The van der Waals surface area contributed by atoms with Crippen molar-refractivity contribution in [3.05, 3.63) is 43.8 Å². The first kappa shape index (κ1) is 21.3. The maximum absolute atomic E-state index is 4.77. The highest BCUT2D eigenvalue weighted by Gasteiger charge is 2.50. The van der Waals surface area contributed by atoms with Gasteiger partial charge < -0.3 is 0 Å². The van der Waals surface area contributed by atoms with E-state index in [9.17, 15) is 0 Å². The monoisotopic (exact) mass is 466 g/mol. The van der Waals surface area contributed by atoms with Crippen LogP contribution in [-0.2, 0) is 10.8 Å². The van der Waals surface area contributed by atoms with Gasteiger partial charge in [0.05, 0.1) is 11.7 Å². The Morgan fingerprint density at radius 2 is 1.10 bits per heavy atom. The number of fused-ring (bicyclic) bond motifs is 4. The van der Waals surface area contributed by atoms with Crippen molar-refractivity contribution >= 4 is 45.4 Å². The first-order valence-corrected chi connectivity index (χ1v) is 13.2. The zero-order valence-corrected chi connectivity index (χ0v) is 22.6. The summed E-state index contributed by atoms with van der Waals surface area (Å²) in [4.78, 5) is 5.79. The van der Waals surface area contributed by atoms with Gasteiger partial charge >= 0.3 is 0 Å². The molecule has 1 aromatic carbocycles. The average molecular weight is 467 g/mol. The summed E-state index contributed by atoms with van der Waals surface area (Å²) >= 11 is 5.29. The molecule has 31 heavy (non-hydrogen) atoms. The van der Waals surface area contributed by atoms with E-state index < -0.39 is 0 Å². The number of rotatable bonds is 1. The lowest BCUT2D eigenvalue weighted by molar-refractivity contribution is 0.299. The van der Waals surface area contributed by atoms with Crippen LogP contribution >= 0.6 is 34.4 Å².